The summed E-state index contributed by atoms with van der Waals surface area (Å²) >= 11 is 1.32. The van der Waals surface area contributed by atoms with Crippen molar-refractivity contribution in [3.05, 3.63) is 5.01 Å². The SMILES string of the molecule is Cc1nnc(N2C(=O)[C@@H]3[C@H]4CC[C@@H](C4)[C@H]3C2=O)s1. The van der Waals surface area contributed by atoms with Crippen molar-refractivity contribution in [2.24, 2.45) is 23.7 Å². The lowest BCUT2D eigenvalue weighted by atomic mass is 9.81. The van der Waals surface area contributed by atoms with Gasteiger partial charge in [-0.3, -0.25) is 9.59 Å². The fourth-order valence-corrected chi connectivity index (χ4v) is 4.67. The number of carbonyl (C=O) groups is 2. The van der Waals surface area contributed by atoms with Crippen molar-refractivity contribution in [3.63, 3.8) is 0 Å². The average molecular weight is 263 g/mol. The Bertz CT molecular complexity index is 527. The molecule has 3 aliphatic rings. The van der Waals surface area contributed by atoms with Crippen LogP contribution in [-0.2, 0) is 9.59 Å². The van der Waals surface area contributed by atoms with E-state index in [1.54, 1.807) is 0 Å². The van der Waals surface area contributed by atoms with Crippen molar-refractivity contribution in [2.75, 3.05) is 4.90 Å². The Morgan fingerprint density at radius 1 is 1.11 bits per heavy atom. The highest BCUT2D eigenvalue weighted by atomic mass is 32.1. The van der Waals surface area contributed by atoms with E-state index in [4.69, 9.17) is 0 Å². The van der Waals surface area contributed by atoms with E-state index in [-0.39, 0.29) is 23.7 Å². The first-order chi connectivity index (χ1) is 8.66. The Balaban J connectivity index is 1.75. The molecule has 6 heteroatoms. The summed E-state index contributed by atoms with van der Waals surface area (Å²) in [6, 6.07) is 0. The summed E-state index contributed by atoms with van der Waals surface area (Å²) < 4.78 is 0. The number of rotatable bonds is 1. The second kappa shape index (κ2) is 3.38. The maximum Gasteiger partial charge on any atom is 0.239 e. The fraction of sp³-hybridized carbons (Fsp3) is 0.667. The molecule has 2 heterocycles. The Morgan fingerprint density at radius 2 is 1.72 bits per heavy atom. The van der Waals surface area contributed by atoms with Gasteiger partial charge in [0.1, 0.15) is 5.01 Å². The third kappa shape index (κ3) is 1.16. The van der Waals surface area contributed by atoms with Crippen molar-refractivity contribution < 1.29 is 9.59 Å². The minimum absolute atomic E-state index is 0.0339. The van der Waals surface area contributed by atoms with E-state index >= 15 is 0 Å². The average Bonchev–Trinajstić information content (AvgIpc) is 3.05. The van der Waals surface area contributed by atoms with Gasteiger partial charge >= 0.3 is 0 Å². The number of anilines is 1. The number of fused-ring (bicyclic) bond motifs is 5. The molecular formula is C12H13N3O2S. The molecular weight excluding hydrogens is 250 g/mol. The van der Waals surface area contributed by atoms with E-state index in [0.29, 0.717) is 17.0 Å². The smallest absolute Gasteiger partial charge is 0.239 e. The zero-order valence-corrected chi connectivity index (χ0v) is 10.8. The fourth-order valence-electron chi connectivity index (χ4n) is 3.97. The van der Waals surface area contributed by atoms with Gasteiger partial charge < -0.3 is 0 Å². The summed E-state index contributed by atoms with van der Waals surface area (Å²) in [6.07, 6.45) is 3.28. The van der Waals surface area contributed by atoms with Crippen LogP contribution in [0.1, 0.15) is 24.3 Å². The number of aromatic nitrogens is 2. The van der Waals surface area contributed by atoms with Crippen LogP contribution in [0, 0.1) is 30.6 Å². The molecule has 2 bridgehead atoms. The van der Waals surface area contributed by atoms with Gasteiger partial charge in [0.2, 0.25) is 16.9 Å². The van der Waals surface area contributed by atoms with Crippen LogP contribution in [0.3, 0.4) is 0 Å². The largest absolute Gasteiger partial charge is 0.274 e. The van der Waals surface area contributed by atoms with Crippen molar-refractivity contribution in [3.8, 4) is 0 Å². The van der Waals surface area contributed by atoms with Crippen LogP contribution >= 0.6 is 11.3 Å². The van der Waals surface area contributed by atoms with Gasteiger partial charge in [-0.2, -0.15) is 0 Å². The van der Waals surface area contributed by atoms with Gasteiger partial charge in [0.15, 0.2) is 0 Å². The topological polar surface area (TPSA) is 63.2 Å². The molecule has 94 valence electrons. The lowest BCUT2D eigenvalue weighted by Gasteiger charge is -2.19. The molecule has 0 N–H and O–H groups in total. The van der Waals surface area contributed by atoms with Gasteiger partial charge in [0.25, 0.3) is 0 Å². The molecule has 1 aromatic rings. The van der Waals surface area contributed by atoms with E-state index in [1.165, 1.54) is 16.2 Å². The van der Waals surface area contributed by atoms with E-state index in [2.05, 4.69) is 10.2 Å². The van der Waals surface area contributed by atoms with E-state index in [0.717, 1.165) is 24.3 Å². The van der Waals surface area contributed by atoms with Crippen LogP contribution in [-0.4, -0.2) is 22.0 Å². The lowest BCUT2D eigenvalue weighted by molar-refractivity contribution is -0.123. The Labute approximate surface area is 108 Å². The molecule has 0 spiro atoms. The molecule has 0 unspecified atom stereocenters. The molecule has 4 atom stereocenters. The van der Waals surface area contributed by atoms with Crippen LogP contribution in [0.15, 0.2) is 0 Å². The van der Waals surface area contributed by atoms with Crippen LogP contribution in [0.4, 0.5) is 5.13 Å². The molecule has 4 rings (SSSR count). The summed E-state index contributed by atoms with van der Waals surface area (Å²) in [5, 5.41) is 9.09. The molecule has 1 aromatic heterocycles. The molecule has 0 aromatic carbocycles. The summed E-state index contributed by atoms with van der Waals surface area (Å²) in [4.78, 5) is 26.2. The maximum absolute atomic E-state index is 12.4. The number of imide groups is 1. The maximum atomic E-state index is 12.4. The molecule has 1 saturated heterocycles. The zero-order chi connectivity index (χ0) is 12.4. The Morgan fingerprint density at radius 3 is 2.22 bits per heavy atom. The van der Waals surface area contributed by atoms with Gasteiger partial charge in [-0.25, -0.2) is 4.90 Å². The van der Waals surface area contributed by atoms with E-state index in [9.17, 15) is 9.59 Å². The summed E-state index contributed by atoms with van der Waals surface area (Å²) in [5.41, 5.74) is 0. The van der Waals surface area contributed by atoms with Crippen LogP contribution < -0.4 is 4.90 Å². The quantitative estimate of drug-likeness (QED) is 0.718. The van der Waals surface area contributed by atoms with Gasteiger partial charge in [-0.05, 0) is 38.0 Å². The molecule has 18 heavy (non-hydrogen) atoms. The standard InChI is InChI=1S/C12H13N3O2S/c1-5-13-14-12(18-5)15-10(16)8-6-2-3-7(4-6)9(8)11(15)17/h6-9H,2-4H2,1H3/t6-,7-,8+,9+/m0/s1. The van der Waals surface area contributed by atoms with E-state index < -0.39 is 0 Å². The molecule has 2 amide bonds. The summed E-state index contributed by atoms with van der Waals surface area (Å²) in [7, 11) is 0. The highest BCUT2D eigenvalue weighted by molar-refractivity contribution is 7.15. The number of nitrogens with zero attached hydrogens (tertiary/aromatic N) is 3. The minimum atomic E-state index is -0.0690. The minimum Gasteiger partial charge on any atom is -0.274 e. The van der Waals surface area contributed by atoms with Gasteiger partial charge in [0.05, 0.1) is 11.8 Å². The van der Waals surface area contributed by atoms with Crippen LogP contribution in [0.25, 0.3) is 0 Å². The molecule has 2 aliphatic carbocycles. The van der Waals surface area contributed by atoms with Crippen molar-refractivity contribution in [1.82, 2.24) is 10.2 Å². The molecule has 5 nitrogen and oxygen atoms in total. The van der Waals surface area contributed by atoms with Gasteiger partial charge in [-0.15, -0.1) is 10.2 Å². The number of hydrogen-bond acceptors (Lipinski definition) is 5. The second-order valence-electron chi connectivity index (χ2n) is 5.50. The number of carbonyl (C=O) groups excluding carboxylic acids is 2. The van der Waals surface area contributed by atoms with E-state index in [1.807, 2.05) is 6.92 Å². The first kappa shape index (κ1) is 10.6. The molecule has 0 radical (unpaired) electrons. The molecule has 1 aliphatic heterocycles. The monoisotopic (exact) mass is 263 g/mol. The Hall–Kier alpha value is -1.30. The molecule has 3 fully saturated rings. The number of aryl methyl sites for hydroxylation is 1. The summed E-state index contributed by atoms with van der Waals surface area (Å²) in [6.45, 7) is 1.83. The first-order valence-electron chi connectivity index (χ1n) is 6.34. The number of hydrogen-bond donors (Lipinski definition) is 0. The van der Waals surface area contributed by atoms with Gasteiger partial charge in [0, 0.05) is 0 Å². The zero-order valence-electron chi connectivity index (χ0n) is 10.00. The first-order valence-corrected chi connectivity index (χ1v) is 7.16. The van der Waals surface area contributed by atoms with Gasteiger partial charge in [-0.1, -0.05) is 11.3 Å². The number of amides is 2. The van der Waals surface area contributed by atoms with Crippen LogP contribution in [0.2, 0.25) is 0 Å². The third-order valence-electron chi connectivity index (χ3n) is 4.63. The predicted molar refractivity (Wildman–Crippen MR) is 65.0 cm³/mol. The summed E-state index contributed by atoms with van der Waals surface area (Å²) in [5.74, 6) is 0.647. The van der Waals surface area contributed by atoms with Crippen LogP contribution in [0.5, 0.6) is 0 Å². The third-order valence-corrected chi connectivity index (χ3v) is 5.46. The Kier molecular flexibility index (Phi) is 1.99. The highest BCUT2D eigenvalue weighted by Gasteiger charge is 2.61. The highest BCUT2D eigenvalue weighted by Crippen LogP contribution is 2.56. The molecule has 2 saturated carbocycles. The van der Waals surface area contributed by atoms with Crippen molar-refractivity contribution in [2.45, 2.75) is 26.2 Å². The van der Waals surface area contributed by atoms with Crippen molar-refractivity contribution in [1.29, 1.82) is 0 Å². The lowest BCUT2D eigenvalue weighted by Crippen LogP contribution is -2.32. The normalized spacial score (nSPS) is 37.7. The predicted octanol–water partition coefficient (Wildman–Crippen LogP) is 1.38. The van der Waals surface area contributed by atoms with Crippen molar-refractivity contribution >= 4 is 28.3 Å². The second-order valence-corrected chi connectivity index (χ2v) is 6.66.